The first-order valence-corrected chi connectivity index (χ1v) is 9.64. The van der Waals surface area contributed by atoms with Crippen molar-refractivity contribution in [3.05, 3.63) is 34.1 Å². The van der Waals surface area contributed by atoms with Crippen LogP contribution in [0.4, 0.5) is 0 Å². The van der Waals surface area contributed by atoms with Gasteiger partial charge in [-0.3, -0.25) is 0 Å². The van der Waals surface area contributed by atoms with E-state index in [-0.39, 0.29) is 0 Å². The van der Waals surface area contributed by atoms with Crippen molar-refractivity contribution in [2.45, 2.75) is 24.8 Å². The van der Waals surface area contributed by atoms with Crippen LogP contribution in [0.5, 0.6) is 0 Å². The average molecular weight is 377 g/mol. The Balaban J connectivity index is 1.44. The first-order valence-electron chi connectivity index (χ1n) is 6.96. The summed E-state index contributed by atoms with van der Waals surface area (Å²) < 4.78 is 11.3. The zero-order valence-electron chi connectivity index (χ0n) is 12.7. The number of hydrogen-bond donors (Lipinski definition) is 0. The highest BCUT2D eigenvalue weighted by molar-refractivity contribution is 7.98. The Labute approximate surface area is 149 Å². The molecule has 4 aromatic heterocycles. The van der Waals surface area contributed by atoms with Crippen molar-refractivity contribution >= 4 is 34.4 Å². The molecule has 0 N–H and O–H groups in total. The van der Waals surface area contributed by atoms with Gasteiger partial charge in [0.1, 0.15) is 4.88 Å². The zero-order valence-corrected chi connectivity index (χ0v) is 15.2. The minimum Gasteiger partial charge on any atom is -0.419 e. The first-order chi connectivity index (χ1) is 11.7. The van der Waals surface area contributed by atoms with Crippen molar-refractivity contribution in [2.24, 2.45) is 0 Å². The lowest BCUT2D eigenvalue weighted by atomic mass is 10.4. The minimum absolute atomic E-state index is 0.464. The molecule has 0 amide bonds. The van der Waals surface area contributed by atoms with Crippen LogP contribution in [0.2, 0.25) is 0 Å². The molecule has 0 saturated carbocycles. The molecule has 7 nitrogen and oxygen atoms in total. The van der Waals surface area contributed by atoms with E-state index >= 15 is 0 Å². The number of thioether (sulfide) groups is 1. The summed E-state index contributed by atoms with van der Waals surface area (Å²) in [5.74, 6) is 2.02. The lowest BCUT2D eigenvalue weighted by Gasteiger charge is -1.91. The van der Waals surface area contributed by atoms with Gasteiger partial charge in [-0.25, -0.2) is 4.98 Å². The molecular weight excluding hydrogens is 366 g/mol. The number of nitrogens with zero attached hydrogens (tertiary/aromatic N) is 5. The lowest BCUT2D eigenvalue weighted by Crippen LogP contribution is -1.80. The lowest BCUT2D eigenvalue weighted by molar-refractivity contribution is 0.465. The number of thiazole rings is 1. The summed E-state index contributed by atoms with van der Waals surface area (Å²) in [4.78, 5) is 6.23. The molecule has 0 spiro atoms. The summed E-state index contributed by atoms with van der Waals surface area (Å²) in [5, 5.41) is 19.6. The fraction of sp³-hybridized carbons (Fsp3) is 0.214. The Kier molecular flexibility index (Phi) is 4.17. The van der Waals surface area contributed by atoms with Gasteiger partial charge >= 0.3 is 0 Å². The van der Waals surface area contributed by atoms with Crippen molar-refractivity contribution in [1.29, 1.82) is 0 Å². The predicted molar refractivity (Wildman–Crippen MR) is 92.1 cm³/mol. The SMILES string of the molecule is Cc1nc(C)c(-c2nnc(SCc3nnc(-c4cccs4)o3)o2)s1. The van der Waals surface area contributed by atoms with Gasteiger partial charge < -0.3 is 8.83 Å². The van der Waals surface area contributed by atoms with Gasteiger partial charge in [-0.15, -0.1) is 43.1 Å². The molecule has 0 aliphatic heterocycles. The van der Waals surface area contributed by atoms with Crippen molar-refractivity contribution in [2.75, 3.05) is 0 Å². The molecule has 10 heteroatoms. The monoisotopic (exact) mass is 377 g/mol. The second-order valence-electron chi connectivity index (χ2n) is 4.79. The van der Waals surface area contributed by atoms with Gasteiger partial charge in [0, 0.05) is 0 Å². The molecule has 0 fully saturated rings. The summed E-state index contributed by atoms with van der Waals surface area (Å²) in [6.45, 7) is 3.88. The van der Waals surface area contributed by atoms with Crippen LogP contribution in [0.25, 0.3) is 21.5 Å². The van der Waals surface area contributed by atoms with Crippen molar-refractivity contribution in [3.63, 3.8) is 0 Å². The third-order valence-electron chi connectivity index (χ3n) is 3.02. The molecule has 0 saturated heterocycles. The molecule has 0 bridgehead atoms. The molecule has 122 valence electrons. The summed E-state index contributed by atoms with van der Waals surface area (Å²) >= 11 is 4.46. The molecular formula is C14H11N5O2S3. The van der Waals surface area contributed by atoms with E-state index in [1.54, 1.807) is 22.7 Å². The maximum absolute atomic E-state index is 5.69. The largest absolute Gasteiger partial charge is 0.419 e. The second-order valence-corrected chi connectivity index (χ2v) is 7.86. The highest BCUT2D eigenvalue weighted by Crippen LogP contribution is 2.31. The van der Waals surface area contributed by atoms with Crippen LogP contribution in [0.1, 0.15) is 16.6 Å². The van der Waals surface area contributed by atoms with E-state index < -0.39 is 0 Å². The normalized spacial score (nSPS) is 11.2. The molecule has 0 atom stereocenters. The van der Waals surface area contributed by atoms with Gasteiger partial charge in [-0.05, 0) is 25.3 Å². The third-order valence-corrected chi connectivity index (χ3v) is 5.74. The first kappa shape index (κ1) is 15.5. The molecule has 4 aromatic rings. The maximum atomic E-state index is 5.69. The minimum atomic E-state index is 0.464. The Hall–Kier alpha value is -2.04. The number of rotatable bonds is 5. The van der Waals surface area contributed by atoms with Gasteiger partial charge in [-0.2, -0.15) is 0 Å². The zero-order chi connectivity index (χ0) is 16.5. The number of thiophene rings is 1. The molecule has 4 rings (SSSR count). The topological polar surface area (TPSA) is 90.7 Å². The fourth-order valence-corrected chi connectivity index (χ4v) is 4.11. The highest BCUT2D eigenvalue weighted by atomic mass is 32.2. The Bertz CT molecular complexity index is 957. The van der Waals surface area contributed by atoms with Crippen molar-refractivity contribution in [3.8, 4) is 21.5 Å². The smallest absolute Gasteiger partial charge is 0.277 e. The summed E-state index contributed by atoms with van der Waals surface area (Å²) in [6.07, 6.45) is 0. The van der Waals surface area contributed by atoms with Crippen LogP contribution in [0.3, 0.4) is 0 Å². The molecule has 24 heavy (non-hydrogen) atoms. The predicted octanol–water partition coefficient (Wildman–Crippen LogP) is 4.21. The van der Waals surface area contributed by atoms with E-state index in [0.29, 0.717) is 28.6 Å². The van der Waals surface area contributed by atoms with Gasteiger partial charge in [0.15, 0.2) is 0 Å². The van der Waals surface area contributed by atoms with Gasteiger partial charge in [0.25, 0.3) is 17.0 Å². The molecule has 0 aliphatic carbocycles. The standard InChI is InChI=1S/C14H11N5O2S3/c1-7-11(24-8(2)15-7)13-18-19-14(21-13)23-6-10-16-17-12(20-10)9-4-3-5-22-9/h3-5H,6H2,1-2H3. The van der Waals surface area contributed by atoms with E-state index in [2.05, 4.69) is 25.4 Å². The summed E-state index contributed by atoms with van der Waals surface area (Å²) in [5.41, 5.74) is 0.898. The second kappa shape index (κ2) is 6.46. The average Bonchev–Trinajstić information content (AvgIpc) is 3.33. The summed E-state index contributed by atoms with van der Waals surface area (Å²) in [6, 6.07) is 3.89. The van der Waals surface area contributed by atoms with Crippen LogP contribution in [0, 0.1) is 13.8 Å². The molecule has 4 heterocycles. The maximum Gasteiger partial charge on any atom is 0.277 e. The molecule has 0 aliphatic rings. The van der Waals surface area contributed by atoms with Crippen LogP contribution < -0.4 is 0 Å². The molecule has 0 radical (unpaired) electrons. The molecule has 0 aromatic carbocycles. The number of aryl methyl sites for hydroxylation is 2. The van der Waals surface area contributed by atoms with Gasteiger partial charge in [0.05, 0.1) is 21.3 Å². The Morgan fingerprint density at radius 3 is 2.71 bits per heavy atom. The van der Waals surface area contributed by atoms with Crippen molar-refractivity contribution < 1.29 is 8.83 Å². The Morgan fingerprint density at radius 1 is 1.08 bits per heavy atom. The number of aromatic nitrogens is 5. The van der Waals surface area contributed by atoms with E-state index in [1.807, 2.05) is 31.4 Å². The van der Waals surface area contributed by atoms with E-state index in [0.717, 1.165) is 20.5 Å². The highest BCUT2D eigenvalue weighted by Gasteiger charge is 2.16. The van der Waals surface area contributed by atoms with Crippen LogP contribution in [0.15, 0.2) is 31.6 Å². The van der Waals surface area contributed by atoms with Crippen LogP contribution in [-0.2, 0) is 5.75 Å². The number of hydrogen-bond acceptors (Lipinski definition) is 10. The van der Waals surface area contributed by atoms with Crippen molar-refractivity contribution in [1.82, 2.24) is 25.4 Å². The van der Waals surface area contributed by atoms with E-state index in [4.69, 9.17) is 8.83 Å². The summed E-state index contributed by atoms with van der Waals surface area (Å²) in [7, 11) is 0. The quantitative estimate of drug-likeness (QED) is 0.478. The molecule has 0 unspecified atom stereocenters. The van der Waals surface area contributed by atoms with Gasteiger partial charge in [0.2, 0.25) is 5.89 Å². The van der Waals surface area contributed by atoms with Crippen LogP contribution in [-0.4, -0.2) is 25.4 Å². The van der Waals surface area contributed by atoms with Gasteiger partial charge in [-0.1, -0.05) is 17.8 Å². The van der Waals surface area contributed by atoms with Crippen LogP contribution >= 0.6 is 34.4 Å². The Morgan fingerprint density at radius 2 is 1.96 bits per heavy atom. The van der Waals surface area contributed by atoms with E-state index in [1.165, 1.54) is 11.8 Å². The van der Waals surface area contributed by atoms with E-state index in [9.17, 15) is 0 Å². The fourth-order valence-electron chi connectivity index (χ4n) is 2.02. The third kappa shape index (κ3) is 3.12.